The van der Waals surface area contributed by atoms with E-state index in [0.717, 1.165) is 51.4 Å². The van der Waals surface area contributed by atoms with Crippen LogP contribution < -0.4 is 20.0 Å². The van der Waals surface area contributed by atoms with E-state index in [1.54, 1.807) is 48.6 Å². The first-order valence-electron chi connectivity index (χ1n) is 47.9. The van der Waals surface area contributed by atoms with Crippen molar-refractivity contribution in [3.8, 4) is 0 Å². The van der Waals surface area contributed by atoms with Gasteiger partial charge in [0.05, 0.1) is 163 Å². The van der Waals surface area contributed by atoms with Crippen LogP contribution in [0.15, 0.2) is 101 Å². The first kappa shape index (κ1) is 133. The summed E-state index contributed by atoms with van der Waals surface area (Å²) in [6, 6.07) is 0. The average molecular weight is 1840 g/mol. The van der Waals surface area contributed by atoms with Gasteiger partial charge in [-0.05, 0) is 51.4 Å². The summed E-state index contributed by atoms with van der Waals surface area (Å²) < 4.78 is 64.1. The largest absolute Gasteiger partial charge is 4.00 e. The van der Waals surface area contributed by atoms with Crippen molar-refractivity contribution in [1.29, 1.82) is 0 Å². The van der Waals surface area contributed by atoms with Crippen molar-refractivity contribution in [3.63, 3.8) is 0 Å². The van der Waals surface area contributed by atoms with Crippen LogP contribution in [0.5, 0.6) is 0 Å². The van der Waals surface area contributed by atoms with Gasteiger partial charge >= 0.3 is 26.2 Å². The van der Waals surface area contributed by atoms with Crippen molar-refractivity contribution in [2.24, 2.45) is 21.7 Å². The smallest absolute Gasteiger partial charge is 0.854 e. The summed E-state index contributed by atoms with van der Waals surface area (Å²) in [5.74, 6) is 0. The summed E-state index contributed by atoms with van der Waals surface area (Å²) in [6.07, 6.45) is 74.6. The molecule has 0 aliphatic carbocycles. The van der Waals surface area contributed by atoms with E-state index in [2.05, 4.69) is 80.3 Å². The number of hydrogen-bond donors (Lipinski definition) is 2. The maximum atomic E-state index is 11.7. The number of rotatable bonds is 92. The first-order chi connectivity index (χ1) is 58.6. The number of unbranched alkanes of at least 4 members (excludes halogenated alkanes) is 40. The third-order valence-corrected chi connectivity index (χ3v) is 22.8. The van der Waals surface area contributed by atoms with Crippen LogP contribution >= 0.6 is 17.2 Å². The van der Waals surface area contributed by atoms with Gasteiger partial charge in [0.1, 0.15) is 0 Å². The third kappa shape index (κ3) is 101. The number of hydrogen-bond acceptors (Lipinski definition) is 18. The Balaban J connectivity index is -0.000000266. The maximum absolute atomic E-state index is 11.7. The third-order valence-electron chi connectivity index (χ3n) is 21.2. The van der Waals surface area contributed by atoms with Crippen LogP contribution in [0.2, 0.25) is 0 Å². The molecule has 0 bridgehead atoms. The topological polar surface area (TPSA) is 243 Å². The van der Waals surface area contributed by atoms with Crippen LogP contribution in [0.3, 0.4) is 0 Å². The zero-order valence-electron chi connectivity index (χ0n) is 80.0. The molecule has 0 aromatic heterocycles. The minimum atomic E-state index is -1.91. The second-order valence-electron chi connectivity index (χ2n) is 32.4. The van der Waals surface area contributed by atoms with E-state index in [-0.39, 0.29) is 63.5 Å². The van der Waals surface area contributed by atoms with Crippen LogP contribution in [0.4, 0.5) is 0 Å². The van der Waals surface area contributed by atoms with E-state index >= 15 is 0 Å². The Bertz CT molecular complexity index is 1680. The number of aliphatic hydroxyl groups is 2. The summed E-state index contributed by atoms with van der Waals surface area (Å²) in [5, 5.41) is 41.0. The Morgan fingerprint density at radius 3 is 0.479 bits per heavy atom. The molecular formula is C100H194O18P2Zr. The van der Waals surface area contributed by atoms with Gasteiger partial charge in [-0.2, -0.15) is 0 Å². The monoisotopic (exact) mass is 1840 g/mol. The number of aliphatic hydroxyl groups excluding tert-OH is 2. The van der Waals surface area contributed by atoms with Crippen molar-refractivity contribution in [2.75, 3.05) is 159 Å². The van der Waals surface area contributed by atoms with Crippen LogP contribution in [0.1, 0.15) is 364 Å². The van der Waals surface area contributed by atoms with Gasteiger partial charge in [0, 0.05) is 21.7 Å². The predicted molar refractivity (Wildman–Crippen MR) is 506 cm³/mol. The molecule has 0 radical (unpaired) electrons. The van der Waals surface area contributed by atoms with Gasteiger partial charge in [0.25, 0.3) is 0 Å². The van der Waals surface area contributed by atoms with E-state index in [4.69, 9.17) is 56.0 Å². The second-order valence-corrected chi connectivity index (χ2v) is 34.3. The molecule has 0 fully saturated rings. The molecule has 0 aromatic carbocycles. The van der Waals surface area contributed by atoms with Crippen molar-refractivity contribution in [1.82, 2.24) is 0 Å². The molecule has 0 saturated carbocycles. The fourth-order valence-corrected chi connectivity index (χ4v) is 13.6. The minimum absolute atomic E-state index is 0. The molecule has 0 spiro atoms. The molecule has 0 saturated heterocycles. The molecule has 716 valence electrons. The molecule has 21 heteroatoms. The Kier molecular flexibility index (Phi) is 124. The first-order valence-corrected chi connectivity index (χ1v) is 50.1. The Morgan fingerprint density at radius 1 is 0.231 bits per heavy atom. The molecule has 2 N–H and O–H groups in total. The number of ether oxygens (including phenoxy) is 8. The molecule has 0 rings (SSSR count). The van der Waals surface area contributed by atoms with Crippen LogP contribution in [0, 0.1) is 21.7 Å². The van der Waals surface area contributed by atoms with E-state index in [1.165, 1.54) is 257 Å². The van der Waals surface area contributed by atoms with Gasteiger partial charge < -0.3 is 86.2 Å². The van der Waals surface area contributed by atoms with Gasteiger partial charge in [-0.15, -0.1) is 65.8 Å². The SMILES string of the molecule is C=CCOCC(CC)(CO)COCC=C.C=CCOCC(CC)(CO)COCC=C.C=CCOCC(CC)(C[O-])COCC=C.C=CCOCC(CC)(C[O-])COCC=C.CCCCCCCCCCCCCOP([O-])OCCCCCCCCCCCCC.CCCCCCCCCCCCCOP([O-])OCCCCCCCCCCCCC.[Zr+4]. The summed E-state index contributed by atoms with van der Waals surface area (Å²) >= 11 is 0. The van der Waals surface area contributed by atoms with Crippen molar-refractivity contribution >= 4 is 17.2 Å². The molecule has 0 unspecified atom stereocenters. The van der Waals surface area contributed by atoms with Crippen LogP contribution in [-0.2, 0) is 82.2 Å². The molecule has 0 atom stereocenters. The summed E-state index contributed by atoms with van der Waals surface area (Å²) in [4.78, 5) is 23.4. The van der Waals surface area contributed by atoms with E-state index in [1.807, 2.05) is 27.7 Å². The zero-order valence-corrected chi connectivity index (χ0v) is 84.3. The predicted octanol–water partition coefficient (Wildman–Crippen LogP) is 24.3. The normalized spacial score (nSPS) is 11.4. The van der Waals surface area contributed by atoms with Crippen LogP contribution in [0.25, 0.3) is 0 Å². The summed E-state index contributed by atoms with van der Waals surface area (Å²) in [6.45, 7) is 55.3. The summed E-state index contributed by atoms with van der Waals surface area (Å²) in [5.41, 5.74) is -1.42. The van der Waals surface area contributed by atoms with Crippen LogP contribution in [-0.4, -0.2) is 169 Å². The van der Waals surface area contributed by atoms with E-state index in [9.17, 15) is 30.2 Å². The Hall–Kier alpha value is -1.06. The molecule has 0 aliphatic rings. The molecule has 0 aromatic rings. The van der Waals surface area contributed by atoms with Gasteiger partial charge in [-0.1, -0.05) is 361 Å². The van der Waals surface area contributed by atoms with Gasteiger partial charge in [0.2, 0.25) is 0 Å². The van der Waals surface area contributed by atoms with Gasteiger partial charge in [0.15, 0.2) is 0 Å². The van der Waals surface area contributed by atoms with Gasteiger partial charge in [-0.25, -0.2) is 0 Å². The molecule has 0 aliphatic heterocycles. The van der Waals surface area contributed by atoms with E-state index in [0.29, 0.717) is 132 Å². The van der Waals surface area contributed by atoms with Crippen molar-refractivity contribution < 1.29 is 112 Å². The standard InChI is InChI=1S/2C26H54O3P.2C12H22O3.2C12H21O3.Zr/c2*1-3-5-7-9-11-13-15-17-19-21-23-25-28-30(27)29-26-24-22-20-18-16-14-12-10-8-6-4-2;4*1-4-7-14-10-12(6-3,9-13)11-15-8-5-2;/h2*3-26H2,1-2H3;2*4-5,13H,1-2,6-11H2,3H3;2*4-5H,1-2,6-11H2,3H3;/q2*-1;;;2*-1;+4. The minimum Gasteiger partial charge on any atom is -0.854 e. The summed E-state index contributed by atoms with van der Waals surface area (Å²) in [7, 11) is -3.81. The Labute approximate surface area is 769 Å². The maximum Gasteiger partial charge on any atom is 4.00 e. The van der Waals surface area contributed by atoms with E-state index < -0.39 is 28.0 Å². The zero-order chi connectivity index (χ0) is 90.2. The quantitative estimate of drug-likeness (QED) is 0.0326. The van der Waals surface area contributed by atoms with Crippen molar-refractivity contribution in [3.05, 3.63) is 101 Å². The van der Waals surface area contributed by atoms with Gasteiger partial charge in [-0.3, -0.25) is 0 Å². The molecule has 18 nitrogen and oxygen atoms in total. The molecule has 121 heavy (non-hydrogen) atoms. The molecule has 0 heterocycles. The molecular weight excluding hydrogens is 1640 g/mol. The van der Waals surface area contributed by atoms with Crippen molar-refractivity contribution in [2.45, 2.75) is 364 Å². The fraction of sp³-hybridized carbons (Fsp3) is 0.840. The fourth-order valence-electron chi connectivity index (χ4n) is 12.3. The average Bonchev–Trinajstić information content (AvgIpc) is 0.909. The molecule has 0 amide bonds. The Morgan fingerprint density at radius 2 is 0.364 bits per heavy atom. The second kappa shape index (κ2) is 113.